The molecule has 4 rings (SSSR count). The van der Waals surface area contributed by atoms with E-state index in [4.69, 9.17) is 4.42 Å². The number of halogens is 1. The number of amides is 2. The highest BCUT2D eigenvalue weighted by atomic mass is 19.1. The molecule has 1 aliphatic heterocycles. The van der Waals surface area contributed by atoms with Crippen molar-refractivity contribution in [2.45, 2.75) is 20.3 Å². The predicted molar refractivity (Wildman–Crippen MR) is 99.0 cm³/mol. The van der Waals surface area contributed by atoms with Crippen molar-refractivity contribution in [1.82, 2.24) is 4.98 Å². The lowest BCUT2D eigenvalue weighted by Crippen LogP contribution is -2.28. The topological polar surface area (TPSA) is 75.4 Å². The van der Waals surface area contributed by atoms with E-state index in [1.54, 1.807) is 36.9 Å². The average Bonchev–Trinajstić information content (AvgIpc) is 3.18. The third kappa shape index (κ3) is 3.28. The van der Waals surface area contributed by atoms with Crippen LogP contribution in [0.3, 0.4) is 0 Å². The second kappa shape index (κ2) is 6.50. The second-order valence-electron chi connectivity index (χ2n) is 6.74. The third-order valence-corrected chi connectivity index (χ3v) is 4.73. The molecule has 0 radical (unpaired) electrons. The van der Waals surface area contributed by atoms with E-state index in [0.717, 1.165) is 0 Å². The summed E-state index contributed by atoms with van der Waals surface area (Å²) in [5.41, 5.74) is 3.20. The van der Waals surface area contributed by atoms with E-state index in [0.29, 0.717) is 33.9 Å². The minimum absolute atomic E-state index is 0.120. The number of carbonyl (C=O) groups is 2. The number of nitrogens with zero attached hydrogens (tertiary/aromatic N) is 2. The molecule has 1 N–H and O–H groups in total. The van der Waals surface area contributed by atoms with Gasteiger partial charge >= 0.3 is 0 Å². The summed E-state index contributed by atoms with van der Waals surface area (Å²) >= 11 is 0. The minimum atomic E-state index is -0.475. The molecule has 7 heteroatoms. The molecule has 1 fully saturated rings. The zero-order valence-corrected chi connectivity index (χ0v) is 15.0. The maximum Gasteiger partial charge on any atom is 0.229 e. The van der Waals surface area contributed by atoms with Gasteiger partial charge in [-0.3, -0.25) is 9.59 Å². The molecule has 0 unspecified atom stereocenters. The Balaban J connectivity index is 1.51. The Hall–Kier alpha value is -3.22. The lowest BCUT2D eigenvalue weighted by Gasteiger charge is -2.17. The van der Waals surface area contributed by atoms with Gasteiger partial charge in [0, 0.05) is 31.3 Å². The number of aryl methyl sites for hydroxylation is 2. The van der Waals surface area contributed by atoms with E-state index < -0.39 is 5.92 Å². The van der Waals surface area contributed by atoms with E-state index >= 15 is 0 Å². The zero-order valence-electron chi connectivity index (χ0n) is 15.0. The van der Waals surface area contributed by atoms with Gasteiger partial charge < -0.3 is 14.6 Å². The summed E-state index contributed by atoms with van der Waals surface area (Å²) in [4.78, 5) is 30.9. The largest absolute Gasteiger partial charge is 0.441 e. The van der Waals surface area contributed by atoms with Gasteiger partial charge in [0.15, 0.2) is 11.5 Å². The number of fused-ring (bicyclic) bond motifs is 1. The quantitative estimate of drug-likeness (QED) is 0.768. The Morgan fingerprint density at radius 2 is 2.07 bits per heavy atom. The van der Waals surface area contributed by atoms with Crippen molar-refractivity contribution < 1.29 is 18.4 Å². The van der Waals surface area contributed by atoms with E-state index in [-0.39, 0.29) is 30.6 Å². The molecule has 0 spiro atoms. The first-order valence-corrected chi connectivity index (χ1v) is 8.65. The van der Waals surface area contributed by atoms with Crippen LogP contribution in [0.15, 0.2) is 40.8 Å². The van der Waals surface area contributed by atoms with Crippen molar-refractivity contribution in [1.29, 1.82) is 0 Å². The van der Waals surface area contributed by atoms with Crippen LogP contribution in [0.4, 0.5) is 15.8 Å². The summed E-state index contributed by atoms with van der Waals surface area (Å²) in [7, 11) is 0. The summed E-state index contributed by atoms with van der Waals surface area (Å²) in [5, 5.41) is 2.79. The maximum absolute atomic E-state index is 13.2. The molecule has 27 heavy (non-hydrogen) atoms. The van der Waals surface area contributed by atoms with Crippen LogP contribution in [0.5, 0.6) is 0 Å². The second-order valence-corrected chi connectivity index (χ2v) is 6.74. The lowest BCUT2D eigenvalue weighted by atomic mass is 10.1. The first-order chi connectivity index (χ1) is 12.9. The molecule has 0 saturated carbocycles. The summed E-state index contributed by atoms with van der Waals surface area (Å²) in [6.45, 7) is 3.77. The number of nitrogens with one attached hydrogen (secondary N) is 1. The fraction of sp³-hybridized carbons (Fsp3) is 0.250. The van der Waals surface area contributed by atoms with Gasteiger partial charge in [0.25, 0.3) is 0 Å². The Bertz CT molecular complexity index is 1060. The molecule has 1 atom stereocenters. The summed E-state index contributed by atoms with van der Waals surface area (Å²) < 4.78 is 18.7. The Labute approximate surface area is 155 Å². The van der Waals surface area contributed by atoms with Crippen molar-refractivity contribution in [3.8, 4) is 0 Å². The Morgan fingerprint density at radius 3 is 2.85 bits per heavy atom. The zero-order chi connectivity index (χ0) is 19.1. The van der Waals surface area contributed by atoms with E-state index in [1.165, 1.54) is 18.2 Å². The molecule has 3 aromatic rings. The van der Waals surface area contributed by atoms with Gasteiger partial charge in [0.05, 0.1) is 5.92 Å². The number of hydrogen-bond donors (Lipinski definition) is 1. The standard InChI is InChI=1S/C20H18FN3O3/c1-11-7-14(21)3-5-16(11)23-20(26)13-8-19(25)24(10-13)15-4-6-18-17(9-15)22-12(2)27-18/h3-7,9,13H,8,10H2,1-2H3,(H,23,26)/t13-/m0/s1. The lowest BCUT2D eigenvalue weighted by molar-refractivity contribution is -0.122. The number of anilines is 2. The van der Waals surface area contributed by atoms with Crippen LogP contribution in [-0.2, 0) is 9.59 Å². The predicted octanol–water partition coefficient (Wildman–Crippen LogP) is 3.58. The highest BCUT2D eigenvalue weighted by Gasteiger charge is 2.35. The Morgan fingerprint density at radius 1 is 1.26 bits per heavy atom. The van der Waals surface area contributed by atoms with Gasteiger partial charge in [-0.15, -0.1) is 0 Å². The molecule has 0 aliphatic carbocycles. The number of rotatable bonds is 3. The number of aromatic nitrogens is 1. The van der Waals surface area contributed by atoms with Gasteiger partial charge in [-0.25, -0.2) is 9.37 Å². The van der Waals surface area contributed by atoms with Crippen molar-refractivity contribution >= 4 is 34.3 Å². The molecule has 2 heterocycles. The van der Waals surface area contributed by atoms with Crippen LogP contribution < -0.4 is 10.2 Å². The minimum Gasteiger partial charge on any atom is -0.441 e. The van der Waals surface area contributed by atoms with Crippen LogP contribution in [0.1, 0.15) is 17.9 Å². The summed E-state index contributed by atoms with van der Waals surface area (Å²) in [6, 6.07) is 9.52. The van der Waals surface area contributed by atoms with Gasteiger partial charge in [-0.1, -0.05) is 0 Å². The smallest absolute Gasteiger partial charge is 0.229 e. The van der Waals surface area contributed by atoms with Crippen molar-refractivity contribution in [3.05, 3.63) is 53.7 Å². The number of oxazole rings is 1. The van der Waals surface area contributed by atoms with Crippen LogP contribution in [0.25, 0.3) is 11.1 Å². The van der Waals surface area contributed by atoms with Crippen LogP contribution >= 0.6 is 0 Å². The maximum atomic E-state index is 13.2. The van der Waals surface area contributed by atoms with Crippen LogP contribution in [-0.4, -0.2) is 23.3 Å². The normalized spacial score (nSPS) is 16.9. The van der Waals surface area contributed by atoms with Gasteiger partial charge in [-0.05, 0) is 48.9 Å². The van der Waals surface area contributed by atoms with Crippen molar-refractivity contribution in [3.63, 3.8) is 0 Å². The SMILES string of the molecule is Cc1nc2cc(N3C[C@@H](C(=O)Nc4ccc(F)cc4C)CC3=O)ccc2o1. The fourth-order valence-corrected chi connectivity index (χ4v) is 3.33. The molecule has 1 aliphatic rings. The van der Waals surface area contributed by atoms with Crippen molar-refractivity contribution in [2.24, 2.45) is 5.92 Å². The average molecular weight is 367 g/mol. The summed E-state index contributed by atoms with van der Waals surface area (Å²) in [6.07, 6.45) is 0.127. The first kappa shape index (κ1) is 17.2. The third-order valence-electron chi connectivity index (χ3n) is 4.73. The van der Waals surface area contributed by atoms with Gasteiger partial charge in [-0.2, -0.15) is 0 Å². The van der Waals surface area contributed by atoms with Gasteiger partial charge in [0.2, 0.25) is 11.8 Å². The molecule has 1 aromatic heterocycles. The highest BCUT2D eigenvalue weighted by Crippen LogP contribution is 2.29. The molecular formula is C20H18FN3O3. The fourth-order valence-electron chi connectivity index (χ4n) is 3.33. The molecule has 0 bridgehead atoms. The van der Waals surface area contributed by atoms with Crippen LogP contribution in [0, 0.1) is 25.6 Å². The molecule has 2 amide bonds. The monoisotopic (exact) mass is 367 g/mol. The molecule has 1 saturated heterocycles. The first-order valence-electron chi connectivity index (χ1n) is 8.65. The molecule has 2 aromatic carbocycles. The van der Waals surface area contributed by atoms with E-state index in [1.807, 2.05) is 0 Å². The van der Waals surface area contributed by atoms with E-state index in [2.05, 4.69) is 10.3 Å². The molecular weight excluding hydrogens is 349 g/mol. The number of carbonyl (C=O) groups excluding carboxylic acids is 2. The number of hydrogen-bond acceptors (Lipinski definition) is 4. The van der Waals surface area contributed by atoms with Crippen molar-refractivity contribution in [2.75, 3.05) is 16.8 Å². The molecule has 138 valence electrons. The number of benzene rings is 2. The van der Waals surface area contributed by atoms with Gasteiger partial charge in [0.1, 0.15) is 11.3 Å². The Kier molecular flexibility index (Phi) is 4.14. The van der Waals surface area contributed by atoms with E-state index in [9.17, 15) is 14.0 Å². The van der Waals surface area contributed by atoms with Crippen LogP contribution in [0.2, 0.25) is 0 Å². The molecule has 6 nitrogen and oxygen atoms in total. The highest BCUT2D eigenvalue weighted by molar-refractivity contribution is 6.04. The summed E-state index contributed by atoms with van der Waals surface area (Å²) in [5.74, 6) is -0.644.